The van der Waals surface area contributed by atoms with Gasteiger partial charge in [-0.05, 0) is 29.8 Å². The summed E-state index contributed by atoms with van der Waals surface area (Å²) >= 11 is 0. The van der Waals surface area contributed by atoms with Crippen molar-refractivity contribution in [2.75, 3.05) is 7.05 Å². The summed E-state index contributed by atoms with van der Waals surface area (Å²) in [6, 6.07) is 20.9. The van der Waals surface area contributed by atoms with Crippen LogP contribution in [0.15, 0.2) is 79.1 Å². The molecule has 2 aromatic heterocycles. The fourth-order valence-corrected chi connectivity index (χ4v) is 3.40. The molecule has 0 saturated carbocycles. The molecule has 0 radical (unpaired) electrons. The molecule has 156 valence electrons. The van der Waals surface area contributed by atoms with Crippen molar-refractivity contribution in [1.29, 1.82) is 0 Å². The number of para-hydroxylation sites is 2. The van der Waals surface area contributed by atoms with Crippen LogP contribution in [0.5, 0.6) is 0 Å². The molecule has 7 heteroatoms. The van der Waals surface area contributed by atoms with E-state index in [-0.39, 0.29) is 24.9 Å². The molecule has 4 aromatic rings. The van der Waals surface area contributed by atoms with Crippen LogP contribution in [0.4, 0.5) is 0 Å². The van der Waals surface area contributed by atoms with Crippen molar-refractivity contribution in [3.8, 4) is 0 Å². The first-order chi connectivity index (χ1) is 15.1. The molecular formula is C24H23N5O2. The maximum atomic E-state index is 13.0. The number of pyridine rings is 1. The Morgan fingerprint density at radius 3 is 2.55 bits per heavy atom. The first kappa shape index (κ1) is 20.3. The smallest absolute Gasteiger partial charge is 0.253 e. The van der Waals surface area contributed by atoms with Gasteiger partial charge in [0.1, 0.15) is 12.4 Å². The van der Waals surface area contributed by atoms with E-state index in [1.165, 1.54) is 6.20 Å². The lowest BCUT2D eigenvalue weighted by molar-refractivity contribution is -0.131. The lowest BCUT2D eigenvalue weighted by atomic mass is 10.2. The third-order valence-corrected chi connectivity index (χ3v) is 5.05. The zero-order valence-corrected chi connectivity index (χ0v) is 17.2. The molecule has 1 N–H and O–H groups in total. The monoisotopic (exact) mass is 413 g/mol. The van der Waals surface area contributed by atoms with Gasteiger partial charge in [0.2, 0.25) is 5.91 Å². The van der Waals surface area contributed by atoms with Gasteiger partial charge in [0, 0.05) is 26.0 Å². The second-order valence-corrected chi connectivity index (χ2v) is 7.26. The van der Waals surface area contributed by atoms with Crippen LogP contribution in [-0.4, -0.2) is 38.3 Å². The van der Waals surface area contributed by atoms with Crippen molar-refractivity contribution in [2.45, 2.75) is 19.6 Å². The Bertz CT molecular complexity index is 1190. The first-order valence-electron chi connectivity index (χ1n) is 10.0. The van der Waals surface area contributed by atoms with Gasteiger partial charge in [0.05, 0.1) is 23.1 Å². The quantitative estimate of drug-likeness (QED) is 0.505. The van der Waals surface area contributed by atoms with Crippen LogP contribution in [0.3, 0.4) is 0 Å². The van der Waals surface area contributed by atoms with E-state index in [0.717, 1.165) is 16.6 Å². The number of hydrogen-bond donors (Lipinski definition) is 1. The lowest BCUT2D eigenvalue weighted by Gasteiger charge is -2.19. The maximum absolute atomic E-state index is 13.0. The molecule has 0 aliphatic heterocycles. The predicted octanol–water partition coefficient (Wildman–Crippen LogP) is 3.02. The zero-order valence-electron chi connectivity index (χ0n) is 17.2. The molecule has 4 rings (SSSR count). The minimum Gasteiger partial charge on any atom is -0.345 e. The highest BCUT2D eigenvalue weighted by molar-refractivity contribution is 5.93. The molecule has 7 nitrogen and oxygen atoms in total. The number of rotatable bonds is 7. The molecule has 0 aliphatic carbocycles. The summed E-state index contributed by atoms with van der Waals surface area (Å²) in [4.78, 5) is 35.7. The van der Waals surface area contributed by atoms with E-state index in [1.54, 1.807) is 30.3 Å². The highest BCUT2D eigenvalue weighted by Gasteiger charge is 2.17. The van der Waals surface area contributed by atoms with Gasteiger partial charge in [-0.15, -0.1) is 0 Å². The summed E-state index contributed by atoms with van der Waals surface area (Å²) in [5.74, 6) is 0.353. The number of imidazole rings is 1. The molecular weight excluding hydrogens is 390 g/mol. The molecule has 0 bridgehead atoms. The van der Waals surface area contributed by atoms with Crippen molar-refractivity contribution in [3.63, 3.8) is 0 Å². The van der Waals surface area contributed by atoms with Gasteiger partial charge >= 0.3 is 0 Å². The Morgan fingerprint density at radius 2 is 1.77 bits per heavy atom. The summed E-state index contributed by atoms with van der Waals surface area (Å²) in [5.41, 5.74) is 3.18. The van der Waals surface area contributed by atoms with E-state index in [9.17, 15) is 9.59 Å². The molecule has 2 amide bonds. The van der Waals surface area contributed by atoms with Crippen LogP contribution >= 0.6 is 0 Å². The largest absolute Gasteiger partial charge is 0.345 e. The average Bonchev–Trinajstić information content (AvgIpc) is 3.16. The molecule has 0 unspecified atom stereocenters. The molecule has 0 atom stereocenters. The first-order valence-corrected chi connectivity index (χ1v) is 10.0. The number of aromatic nitrogens is 3. The van der Waals surface area contributed by atoms with E-state index in [1.807, 2.05) is 59.2 Å². The summed E-state index contributed by atoms with van der Waals surface area (Å²) < 4.78 is 1.86. The highest BCUT2D eigenvalue weighted by Crippen LogP contribution is 2.17. The number of amides is 2. The summed E-state index contributed by atoms with van der Waals surface area (Å²) in [6.45, 7) is 0.874. The molecule has 31 heavy (non-hydrogen) atoms. The third-order valence-electron chi connectivity index (χ3n) is 5.05. The van der Waals surface area contributed by atoms with Gasteiger partial charge < -0.3 is 14.8 Å². The Balaban J connectivity index is 1.52. The molecule has 2 heterocycles. The van der Waals surface area contributed by atoms with Crippen molar-refractivity contribution in [2.24, 2.45) is 0 Å². The van der Waals surface area contributed by atoms with Gasteiger partial charge in [-0.2, -0.15) is 0 Å². The number of carbonyl (C=O) groups is 2. The van der Waals surface area contributed by atoms with Crippen LogP contribution in [0.25, 0.3) is 11.0 Å². The van der Waals surface area contributed by atoms with Gasteiger partial charge in [0.25, 0.3) is 5.91 Å². The number of likely N-dealkylation sites (N-methyl/N-ethyl adjacent to an activating group) is 1. The topological polar surface area (TPSA) is 80.1 Å². The number of nitrogens with zero attached hydrogens (tertiary/aromatic N) is 4. The van der Waals surface area contributed by atoms with Gasteiger partial charge in [-0.3, -0.25) is 14.6 Å². The number of fused-ring (bicyclic) bond motifs is 1. The Labute approximate surface area is 180 Å². The standard InChI is InChI=1S/C24H23N5O2/c1-28(16-18-8-3-2-4-9-18)23(30)17-29-21-12-6-5-11-20(21)27-22(29)15-26-24(31)19-10-7-13-25-14-19/h2-14H,15-17H2,1H3,(H,26,31). The SMILES string of the molecule is CN(Cc1ccccc1)C(=O)Cn1c(CNC(=O)c2cccnc2)nc2ccccc21. The molecule has 0 fully saturated rings. The number of benzene rings is 2. The van der Waals surface area contributed by atoms with Crippen molar-refractivity contribution in [1.82, 2.24) is 24.8 Å². The van der Waals surface area contributed by atoms with Crippen LogP contribution in [0, 0.1) is 0 Å². The number of hydrogen-bond acceptors (Lipinski definition) is 4. The second kappa shape index (κ2) is 9.21. The summed E-state index contributed by atoms with van der Waals surface area (Å²) in [7, 11) is 1.79. The molecule has 0 spiro atoms. The van der Waals surface area contributed by atoms with Crippen molar-refractivity contribution < 1.29 is 9.59 Å². The second-order valence-electron chi connectivity index (χ2n) is 7.26. The Kier molecular flexibility index (Phi) is 6.03. The van der Waals surface area contributed by atoms with E-state index in [4.69, 9.17) is 0 Å². The zero-order chi connectivity index (χ0) is 21.6. The fraction of sp³-hybridized carbons (Fsp3) is 0.167. The minimum atomic E-state index is -0.237. The summed E-state index contributed by atoms with van der Waals surface area (Å²) in [6.07, 6.45) is 3.13. The van der Waals surface area contributed by atoms with E-state index in [2.05, 4.69) is 15.3 Å². The number of nitrogens with one attached hydrogen (secondary N) is 1. The number of carbonyl (C=O) groups excluding carboxylic acids is 2. The van der Waals surface area contributed by atoms with E-state index in [0.29, 0.717) is 17.9 Å². The predicted molar refractivity (Wildman–Crippen MR) is 118 cm³/mol. The molecule has 0 aliphatic rings. The van der Waals surface area contributed by atoms with E-state index >= 15 is 0 Å². The van der Waals surface area contributed by atoms with Crippen LogP contribution in [0.2, 0.25) is 0 Å². The van der Waals surface area contributed by atoms with Crippen LogP contribution in [0.1, 0.15) is 21.7 Å². The maximum Gasteiger partial charge on any atom is 0.253 e. The minimum absolute atomic E-state index is 0.0353. The van der Waals surface area contributed by atoms with Crippen LogP contribution < -0.4 is 5.32 Å². The van der Waals surface area contributed by atoms with E-state index < -0.39 is 0 Å². The molecule has 2 aromatic carbocycles. The molecule has 0 saturated heterocycles. The highest BCUT2D eigenvalue weighted by atomic mass is 16.2. The normalized spacial score (nSPS) is 10.7. The Morgan fingerprint density at radius 1 is 1.00 bits per heavy atom. The van der Waals surface area contributed by atoms with Crippen molar-refractivity contribution >= 4 is 22.8 Å². The lowest BCUT2D eigenvalue weighted by Crippen LogP contribution is -2.31. The third kappa shape index (κ3) is 4.78. The van der Waals surface area contributed by atoms with Gasteiger partial charge in [0.15, 0.2) is 0 Å². The van der Waals surface area contributed by atoms with Gasteiger partial charge in [-0.1, -0.05) is 42.5 Å². The fourth-order valence-electron chi connectivity index (χ4n) is 3.40. The summed E-state index contributed by atoms with van der Waals surface area (Å²) in [5, 5.41) is 2.87. The van der Waals surface area contributed by atoms with Crippen molar-refractivity contribution in [3.05, 3.63) is 96.1 Å². The van der Waals surface area contributed by atoms with Crippen LogP contribution in [-0.2, 0) is 24.4 Å². The average molecular weight is 413 g/mol. The van der Waals surface area contributed by atoms with Gasteiger partial charge in [-0.25, -0.2) is 4.98 Å². The Hall–Kier alpha value is -4.00.